The van der Waals surface area contributed by atoms with Gasteiger partial charge in [-0.05, 0) is 88.2 Å². The molecule has 0 aromatic heterocycles. The lowest BCUT2D eigenvalue weighted by Gasteiger charge is -2.29. The number of carbonyl (C=O) groups excluding carboxylic acids is 2. The van der Waals surface area contributed by atoms with E-state index in [0.717, 1.165) is 50.9 Å². The molecule has 2 amide bonds. The van der Waals surface area contributed by atoms with Gasteiger partial charge in [-0.15, -0.1) is 24.8 Å². The highest BCUT2D eigenvalue weighted by Crippen LogP contribution is 2.35. The summed E-state index contributed by atoms with van der Waals surface area (Å²) in [5.74, 6) is -0.252. The van der Waals surface area contributed by atoms with Crippen molar-refractivity contribution < 1.29 is 32.9 Å². The second-order valence-corrected chi connectivity index (χ2v) is 10.9. The number of amides is 2. The van der Waals surface area contributed by atoms with E-state index in [2.05, 4.69) is 16.0 Å². The maximum atomic E-state index is 14.5. The second kappa shape index (κ2) is 15.7. The number of hydrogen-bond donors (Lipinski definition) is 4. The number of ether oxygens (including phenoxy) is 2. The summed E-state index contributed by atoms with van der Waals surface area (Å²) in [7, 11) is -0.509. The van der Waals surface area contributed by atoms with Crippen molar-refractivity contribution in [3.8, 4) is 11.5 Å². The van der Waals surface area contributed by atoms with E-state index in [-0.39, 0.29) is 67.0 Å². The standard InChI is InChI=1S/C15H18BFN2O3.C14H17FN2O2.2ClH/c1-16(21)19-6-2-3-10(8-19)7-11-4-5-12-15(14(11)17)18-13(20)9-22-12;15-13-10(6-9-2-1-5-16-7-9)3-4-11-14(13)17-12(18)8-19-11;;/h4-5,7,21H,2-3,6,8-9H2,1H3,(H,18,20);3-4,9,16H,1-2,5-8H2,(H,17,18);2*1H. The highest BCUT2D eigenvalue weighted by Gasteiger charge is 2.25. The Morgan fingerprint density at radius 1 is 1.00 bits per heavy atom. The Bertz CT molecular complexity index is 1340. The van der Waals surface area contributed by atoms with Gasteiger partial charge < -0.3 is 35.3 Å². The van der Waals surface area contributed by atoms with Crippen LogP contribution in [-0.2, 0) is 16.0 Å². The van der Waals surface area contributed by atoms with E-state index in [1.807, 2.05) is 4.81 Å². The van der Waals surface area contributed by atoms with Crippen LogP contribution in [0.3, 0.4) is 0 Å². The third-order valence-corrected chi connectivity index (χ3v) is 7.71. The first kappa shape index (κ1) is 34.6. The molecule has 2 aromatic rings. The van der Waals surface area contributed by atoms with Gasteiger partial charge in [0.2, 0.25) is 0 Å². The molecule has 1 atom stereocenters. The first-order valence-corrected chi connectivity index (χ1v) is 14.1. The second-order valence-electron chi connectivity index (χ2n) is 10.9. The SMILES string of the molecule is CB(O)N1CCCC(=Cc2ccc3c(c2F)NC(=O)CO3)C1.Cl.Cl.O=C1COc2ccc(CC3CCCNC3)c(F)c2N1. The third-order valence-electron chi connectivity index (χ3n) is 7.71. The van der Waals surface area contributed by atoms with Gasteiger partial charge in [0.15, 0.2) is 24.8 Å². The number of nitrogens with zero attached hydrogens (tertiary/aromatic N) is 1. The number of piperidine rings is 2. The van der Waals surface area contributed by atoms with Gasteiger partial charge in [0.05, 0.1) is 0 Å². The average molecular weight is 641 g/mol. The monoisotopic (exact) mass is 640 g/mol. The van der Waals surface area contributed by atoms with Crippen LogP contribution >= 0.6 is 24.8 Å². The molecule has 4 aliphatic rings. The van der Waals surface area contributed by atoms with Crippen molar-refractivity contribution >= 4 is 61.1 Å². The summed E-state index contributed by atoms with van der Waals surface area (Å²) in [6.07, 6.45) is 6.56. The van der Waals surface area contributed by atoms with Gasteiger partial charge in [0.1, 0.15) is 22.9 Å². The first-order chi connectivity index (χ1) is 19.8. The minimum absolute atomic E-state index is 0. The van der Waals surface area contributed by atoms with E-state index >= 15 is 0 Å². The summed E-state index contributed by atoms with van der Waals surface area (Å²) in [5, 5.41) is 18.1. The van der Waals surface area contributed by atoms with Crippen LogP contribution < -0.4 is 25.4 Å². The van der Waals surface area contributed by atoms with Crippen LogP contribution in [0.5, 0.6) is 11.5 Å². The van der Waals surface area contributed by atoms with E-state index in [4.69, 9.17) is 9.47 Å². The van der Waals surface area contributed by atoms with Crippen LogP contribution in [0.1, 0.15) is 36.8 Å². The van der Waals surface area contributed by atoms with Crippen molar-refractivity contribution in [2.75, 3.05) is 50.0 Å². The van der Waals surface area contributed by atoms with Gasteiger partial charge in [0.25, 0.3) is 11.8 Å². The lowest BCUT2D eigenvalue weighted by molar-refractivity contribution is -0.119. The van der Waals surface area contributed by atoms with Gasteiger partial charge in [-0.2, -0.15) is 0 Å². The molecule has 14 heteroatoms. The predicted octanol–water partition coefficient (Wildman–Crippen LogP) is 4.29. The minimum Gasteiger partial charge on any atom is -0.481 e. The normalized spacial score (nSPS) is 20.3. The van der Waals surface area contributed by atoms with Crippen molar-refractivity contribution in [1.82, 2.24) is 10.1 Å². The van der Waals surface area contributed by atoms with Crippen molar-refractivity contribution in [2.45, 2.75) is 38.9 Å². The minimum atomic E-state index is -0.509. The number of hydrogen-bond acceptors (Lipinski definition) is 7. The molecule has 0 aliphatic carbocycles. The zero-order chi connectivity index (χ0) is 28.9. The highest BCUT2D eigenvalue weighted by atomic mass is 35.5. The van der Waals surface area contributed by atoms with Gasteiger partial charge in [-0.25, -0.2) is 8.78 Å². The third kappa shape index (κ3) is 8.60. The molecule has 2 fully saturated rings. The van der Waals surface area contributed by atoms with Crippen LogP contribution in [0.15, 0.2) is 29.8 Å². The van der Waals surface area contributed by atoms with Crippen molar-refractivity contribution in [1.29, 1.82) is 0 Å². The number of rotatable bonds is 4. The van der Waals surface area contributed by atoms with Crippen LogP contribution in [-0.4, -0.2) is 68.1 Å². The molecule has 0 bridgehead atoms. The summed E-state index contributed by atoms with van der Waals surface area (Å²) in [5.41, 5.74) is 2.44. The Labute approximate surface area is 262 Å². The lowest BCUT2D eigenvalue weighted by Crippen LogP contribution is -2.41. The number of nitrogens with one attached hydrogen (secondary N) is 3. The molecular weight excluding hydrogens is 604 g/mol. The molecular formula is C29H37BCl2F2N4O5. The molecule has 0 radical (unpaired) electrons. The van der Waals surface area contributed by atoms with Gasteiger partial charge in [-0.1, -0.05) is 17.7 Å². The summed E-state index contributed by atoms with van der Waals surface area (Å²) >= 11 is 0. The number of anilines is 2. The van der Waals surface area contributed by atoms with E-state index in [9.17, 15) is 23.4 Å². The average Bonchev–Trinajstić information content (AvgIpc) is 2.98. The smallest absolute Gasteiger partial charge is 0.376 e. The molecule has 2 saturated heterocycles. The Hall–Kier alpha value is -2.90. The maximum absolute atomic E-state index is 14.5. The molecule has 4 N–H and O–H groups in total. The quantitative estimate of drug-likeness (QED) is 0.369. The molecule has 43 heavy (non-hydrogen) atoms. The number of benzene rings is 2. The predicted molar refractivity (Wildman–Crippen MR) is 167 cm³/mol. The number of carbonyl (C=O) groups is 2. The lowest BCUT2D eigenvalue weighted by atomic mass is 9.82. The van der Waals surface area contributed by atoms with E-state index in [0.29, 0.717) is 41.5 Å². The van der Waals surface area contributed by atoms with Gasteiger partial charge >= 0.3 is 7.05 Å². The first-order valence-electron chi connectivity index (χ1n) is 14.1. The number of fused-ring (bicyclic) bond motifs is 2. The van der Waals surface area contributed by atoms with Gasteiger partial charge in [-0.3, -0.25) is 9.59 Å². The van der Waals surface area contributed by atoms with Crippen LogP contribution in [0.4, 0.5) is 20.2 Å². The molecule has 4 aliphatic heterocycles. The van der Waals surface area contributed by atoms with Gasteiger partial charge in [0, 0.05) is 12.1 Å². The topological polar surface area (TPSA) is 112 Å². The summed E-state index contributed by atoms with van der Waals surface area (Å²) in [6.45, 7) is 5.04. The fourth-order valence-corrected chi connectivity index (χ4v) is 5.55. The van der Waals surface area contributed by atoms with Crippen molar-refractivity contribution in [3.63, 3.8) is 0 Å². The molecule has 2 aromatic carbocycles. The van der Waals surface area contributed by atoms with E-state index < -0.39 is 12.9 Å². The Morgan fingerprint density at radius 3 is 2.28 bits per heavy atom. The van der Waals surface area contributed by atoms with Crippen LogP contribution in [0.25, 0.3) is 6.08 Å². The Balaban J connectivity index is 0.000000227. The Kier molecular flexibility index (Phi) is 12.6. The fourth-order valence-electron chi connectivity index (χ4n) is 5.55. The zero-order valence-corrected chi connectivity index (χ0v) is 25.6. The van der Waals surface area contributed by atoms with E-state index in [1.54, 1.807) is 37.2 Å². The molecule has 234 valence electrons. The summed E-state index contributed by atoms with van der Waals surface area (Å²) in [4.78, 5) is 24.6. The van der Waals surface area contributed by atoms with Crippen LogP contribution in [0.2, 0.25) is 6.82 Å². The number of halogens is 4. The fraction of sp³-hybridized carbons (Fsp3) is 0.448. The zero-order valence-electron chi connectivity index (χ0n) is 23.9. The molecule has 1 unspecified atom stereocenters. The highest BCUT2D eigenvalue weighted by molar-refractivity contribution is 6.45. The molecule has 6 rings (SSSR count). The van der Waals surface area contributed by atoms with E-state index in [1.165, 1.54) is 0 Å². The largest absolute Gasteiger partial charge is 0.481 e. The molecule has 0 saturated carbocycles. The summed E-state index contributed by atoms with van der Waals surface area (Å²) in [6, 6.07) is 6.82. The van der Waals surface area contributed by atoms with Crippen molar-refractivity contribution in [3.05, 3.63) is 52.6 Å². The van der Waals surface area contributed by atoms with Crippen molar-refractivity contribution in [2.24, 2.45) is 5.92 Å². The molecule has 9 nitrogen and oxygen atoms in total. The van der Waals surface area contributed by atoms with Crippen LogP contribution in [0, 0.1) is 17.6 Å². The summed E-state index contributed by atoms with van der Waals surface area (Å²) < 4.78 is 39.3. The molecule has 4 heterocycles. The molecule has 0 spiro atoms. The Morgan fingerprint density at radius 2 is 1.65 bits per heavy atom. The maximum Gasteiger partial charge on any atom is 0.376 e.